The van der Waals surface area contributed by atoms with E-state index in [0.717, 1.165) is 26.9 Å². The van der Waals surface area contributed by atoms with E-state index in [2.05, 4.69) is 0 Å². The Morgan fingerprint density at radius 3 is 1.12 bits per heavy atom. The van der Waals surface area contributed by atoms with Gasteiger partial charge in [-0.1, -0.05) is 0 Å². The van der Waals surface area contributed by atoms with Crippen molar-refractivity contribution in [1.82, 2.24) is 5.39 Å². The van der Waals surface area contributed by atoms with E-state index in [1.165, 1.54) is 5.39 Å². The first-order chi connectivity index (χ1) is 19.4. The molecule has 3 saturated heterocycles. The Balaban J connectivity index is 1.56. The number of rotatable bonds is 6. The molecule has 10 heteroatoms. The molecule has 0 N–H and O–H groups in total. The van der Waals surface area contributed by atoms with Gasteiger partial charge in [0.25, 0.3) is 0 Å². The van der Waals surface area contributed by atoms with E-state index in [0.29, 0.717) is 20.1 Å². The predicted molar refractivity (Wildman–Crippen MR) is 161 cm³/mol. The molecule has 3 heterocycles. The van der Waals surface area contributed by atoms with E-state index < -0.39 is 17.8 Å². The maximum absolute atomic E-state index is 7.41. The molecule has 0 radical (unpaired) electrons. The molecule has 5 nitrogen and oxygen atoms in total. The molecule has 40 heavy (non-hydrogen) atoms. The minimum atomic E-state index is -5.45. The molecule has 206 valence electrons. The van der Waals surface area contributed by atoms with Gasteiger partial charge < -0.3 is 0 Å². The number of hydrogen-bond acceptors (Lipinski definition) is 5. The second-order valence-electron chi connectivity index (χ2n) is 10.2. The first-order valence-electron chi connectivity index (χ1n) is 12.9. The van der Waals surface area contributed by atoms with Crippen LogP contribution in [-0.4, -0.2) is 47.6 Å². The van der Waals surface area contributed by atoms with Crippen LogP contribution in [0.3, 0.4) is 0 Å². The van der Waals surface area contributed by atoms with Crippen LogP contribution >= 0.6 is 46.4 Å². The summed E-state index contributed by atoms with van der Waals surface area (Å²) in [5, 5.41) is 3.68. The van der Waals surface area contributed by atoms with Crippen LogP contribution in [0.2, 0.25) is 20.1 Å². The first-order valence-corrected chi connectivity index (χ1v) is 20.6. The van der Waals surface area contributed by atoms with E-state index in [9.17, 15) is 0 Å². The number of nitrogens with zero attached hydrogens (tertiary/aromatic N) is 1. The minimum absolute atomic E-state index is 0.0275. The fourth-order valence-corrected chi connectivity index (χ4v) is 22.1. The van der Waals surface area contributed by atoms with Gasteiger partial charge >= 0.3 is 256 Å². The van der Waals surface area contributed by atoms with Gasteiger partial charge in [-0.05, 0) is 0 Å². The number of halogens is 4. The Labute approximate surface area is 253 Å². The molecule has 0 amide bonds. The van der Waals surface area contributed by atoms with Gasteiger partial charge in [0.1, 0.15) is 0 Å². The molecule has 0 saturated carbocycles. The molecular weight excluding hydrogens is 702 g/mol. The third-order valence-corrected chi connectivity index (χ3v) is 25.0. The molecule has 0 aromatic heterocycles. The van der Waals surface area contributed by atoms with Crippen molar-refractivity contribution in [3.8, 4) is 0 Å². The normalized spacial score (nSPS) is 25.1. The van der Waals surface area contributed by atoms with Crippen LogP contribution in [-0.2, 0) is 17.5 Å². The molecule has 7 rings (SSSR count). The summed E-state index contributed by atoms with van der Waals surface area (Å²) in [6, 6.07) is 31.2. The monoisotopic (exact) mass is 723 g/mol. The SMILES string of the molecule is Clc1cc[c]([Sb]([O]N2OC3C4CCC(O4)C3O2)([c]2ccc(Cl)cc2)([c]2ccc(Cl)cc2)[c]2ccc(Cl)cc2)cc1. The Morgan fingerprint density at radius 2 is 0.825 bits per heavy atom. The van der Waals surface area contributed by atoms with Gasteiger partial charge in [-0.25, -0.2) is 0 Å². The van der Waals surface area contributed by atoms with Crippen molar-refractivity contribution in [1.29, 1.82) is 0 Å². The van der Waals surface area contributed by atoms with Crippen LogP contribution in [0.4, 0.5) is 0 Å². The van der Waals surface area contributed by atoms with Gasteiger partial charge in [0.05, 0.1) is 0 Å². The average Bonchev–Trinajstić information content (AvgIpc) is 3.68. The molecular formula is C30H24Cl4NO4Sb. The fourth-order valence-electron chi connectivity index (χ4n) is 6.23. The maximum atomic E-state index is 7.41. The summed E-state index contributed by atoms with van der Waals surface area (Å²) in [4.78, 5) is 12.8. The zero-order valence-corrected chi connectivity index (χ0v) is 26.6. The van der Waals surface area contributed by atoms with E-state index in [-0.39, 0.29) is 24.4 Å². The van der Waals surface area contributed by atoms with E-state index in [1.807, 2.05) is 97.1 Å². The number of benzene rings is 4. The van der Waals surface area contributed by atoms with Crippen LogP contribution < -0.4 is 14.0 Å². The molecule has 2 bridgehead atoms. The van der Waals surface area contributed by atoms with E-state index in [1.54, 1.807) is 0 Å². The Bertz CT molecular complexity index is 1320. The Kier molecular flexibility index (Phi) is 7.17. The van der Waals surface area contributed by atoms with Gasteiger partial charge in [-0.2, -0.15) is 0 Å². The van der Waals surface area contributed by atoms with Crippen LogP contribution in [0.5, 0.6) is 0 Å². The van der Waals surface area contributed by atoms with Crippen LogP contribution in [0, 0.1) is 0 Å². The number of fused-ring (bicyclic) bond motifs is 5. The van der Waals surface area contributed by atoms with Crippen LogP contribution in [0.25, 0.3) is 0 Å². The second-order valence-corrected chi connectivity index (χ2v) is 24.2. The zero-order chi connectivity index (χ0) is 27.5. The van der Waals surface area contributed by atoms with E-state index >= 15 is 0 Å². The molecule has 4 unspecified atom stereocenters. The van der Waals surface area contributed by atoms with Crippen molar-refractivity contribution in [3.05, 3.63) is 117 Å². The van der Waals surface area contributed by atoms with Gasteiger partial charge in [0.15, 0.2) is 0 Å². The second kappa shape index (κ2) is 10.4. The molecule has 4 aromatic rings. The van der Waals surface area contributed by atoms with Crippen LogP contribution in [0.15, 0.2) is 97.1 Å². The summed E-state index contributed by atoms with van der Waals surface area (Å²) in [5.74, 6) is 0. The molecule has 3 fully saturated rings. The van der Waals surface area contributed by atoms with Crippen molar-refractivity contribution >= 4 is 78.3 Å². The van der Waals surface area contributed by atoms with Crippen molar-refractivity contribution in [3.63, 3.8) is 0 Å². The standard InChI is InChI=1S/4C6H4Cl.C6H8NO4.Sb/c4*7-6-4-2-1-3-5-6;8-7-10-5-3-1-2-4(9-3)6(5)11-7;/h4*2-5H;3-6H,1-2H2;/q;;;;-1;+1. The summed E-state index contributed by atoms with van der Waals surface area (Å²) in [5.41, 5.74) is 0. The molecule has 4 aromatic carbocycles. The third kappa shape index (κ3) is 4.18. The Hall–Kier alpha value is -1.34. The molecule has 3 aliphatic heterocycles. The summed E-state index contributed by atoms with van der Waals surface area (Å²) < 4.78 is 17.2. The van der Waals surface area contributed by atoms with Crippen molar-refractivity contribution in [2.45, 2.75) is 37.3 Å². The van der Waals surface area contributed by atoms with Gasteiger partial charge in [-0.3, -0.25) is 0 Å². The molecule has 0 spiro atoms. The van der Waals surface area contributed by atoms with Crippen molar-refractivity contribution in [2.24, 2.45) is 0 Å². The first kappa shape index (κ1) is 27.5. The van der Waals surface area contributed by atoms with Gasteiger partial charge in [0.2, 0.25) is 0 Å². The summed E-state index contributed by atoms with van der Waals surface area (Å²) in [6.07, 6.45) is 1.32. The molecule has 4 atom stereocenters. The third-order valence-electron chi connectivity index (χ3n) is 8.06. The quantitative estimate of drug-likeness (QED) is 0.245. The van der Waals surface area contributed by atoms with Gasteiger partial charge in [0, 0.05) is 0 Å². The summed E-state index contributed by atoms with van der Waals surface area (Å²) in [6.45, 7) is 0. The van der Waals surface area contributed by atoms with E-state index in [4.69, 9.17) is 63.9 Å². The topological polar surface area (TPSA) is 40.2 Å². The number of ether oxygens (including phenoxy) is 1. The molecule has 3 aliphatic rings. The van der Waals surface area contributed by atoms with Crippen molar-refractivity contribution < 1.29 is 17.5 Å². The predicted octanol–water partition coefficient (Wildman–Crippen LogP) is 5.54. The molecule has 0 aliphatic carbocycles. The zero-order valence-electron chi connectivity index (χ0n) is 21.0. The average molecular weight is 726 g/mol. The van der Waals surface area contributed by atoms with Crippen LogP contribution in [0.1, 0.15) is 12.8 Å². The van der Waals surface area contributed by atoms with Crippen molar-refractivity contribution in [2.75, 3.05) is 0 Å². The summed E-state index contributed by atoms with van der Waals surface area (Å²) in [7, 11) is 0. The Morgan fingerprint density at radius 1 is 0.525 bits per heavy atom. The summed E-state index contributed by atoms with van der Waals surface area (Å²) >= 11 is 20.3. The van der Waals surface area contributed by atoms with Gasteiger partial charge in [-0.15, -0.1) is 0 Å². The fraction of sp³-hybridized carbons (Fsp3) is 0.200. The number of hydrogen-bond donors (Lipinski definition) is 0.